The van der Waals surface area contributed by atoms with Crippen LogP contribution in [-0.4, -0.2) is 30.3 Å². The number of hydrogen-bond donors (Lipinski definition) is 1. The van der Waals surface area contributed by atoms with E-state index in [9.17, 15) is 0 Å². The molecule has 0 radical (unpaired) electrons. The molecule has 0 spiro atoms. The van der Waals surface area contributed by atoms with Crippen molar-refractivity contribution in [2.45, 2.75) is 43.6 Å². The number of ether oxygens (including phenoxy) is 1. The minimum absolute atomic E-state index is 0.496. The molecule has 1 aromatic rings. The lowest BCUT2D eigenvalue weighted by Crippen LogP contribution is -2.28. The first-order valence-electron chi connectivity index (χ1n) is 7.43. The first kappa shape index (κ1) is 13.5. The Morgan fingerprint density at radius 3 is 3.05 bits per heavy atom. The molecular weight excluding hydrogens is 254 g/mol. The maximum Gasteiger partial charge on any atom is 0.0666 e. The lowest BCUT2D eigenvalue weighted by Gasteiger charge is -2.22. The van der Waals surface area contributed by atoms with Gasteiger partial charge in [-0.2, -0.15) is 11.8 Å². The zero-order valence-corrected chi connectivity index (χ0v) is 12.4. The van der Waals surface area contributed by atoms with Gasteiger partial charge in [0, 0.05) is 23.7 Å². The molecule has 3 heteroatoms. The minimum atomic E-state index is 0.496. The third kappa shape index (κ3) is 2.99. The van der Waals surface area contributed by atoms with E-state index in [0.717, 1.165) is 18.9 Å². The molecule has 3 rings (SSSR count). The van der Waals surface area contributed by atoms with Gasteiger partial charge >= 0.3 is 0 Å². The van der Waals surface area contributed by atoms with Gasteiger partial charge in [-0.3, -0.25) is 0 Å². The van der Waals surface area contributed by atoms with Crippen LogP contribution in [-0.2, 0) is 11.2 Å². The summed E-state index contributed by atoms with van der Waals surface area (Å²) in [5.74, 6) is 1.15. The maximum absolute atomic E-state index is 5.74. The molecule has 1 saturated heterocycles. The number of rotatable bonds is 5. The minimum Gasteiger partial charge on any atom is -0.377 e. The van der Waals surface area contributed by atoms with Gasteiger partial charge in [-0.1, -0.05) is 31.2 Å². The van der Waals surface area contributed by atoms with Gasteiger partial charge in [0.25, 0.3) is 0 Å². The highest BCUT2D eigenvalue weighted by atomic mass is 32.2. The predicted molar refractivity (Wildman–Crippen MR) is 81.8 cm³/mol. The van der Waals surface area contributed by atoms with Gasteiger partial charge in [0.1, 0.15) is 0 Å². The number of fused-ring (bicyclic) bond motifs is 1. The van der Waals surface area contributed by atoms with E-state index < -0.39 is 0 Å². The van der Waals surface area contributed by atoms with Crippen molar-refractivity contribution in [1.29, 1.82) is 0 Å². The molecule has 1 fully saturated rings. The van der Waals surface area contributed by atoms with Crippen molar-refractivity contribution >= 4 is 11.8 Å². The standard InChI is InChI=1S/C16H23NOS/c1-2-17-16-14-8-4-3-6-12(14)10-15(16)19-11-13-7-5-9-18-13/h3-4,6,8,13,15-17H,2,5,7,9-11H2,1H3. The summed E-state index contributed by atoms with van der Waals surface area (Å²) in [7, 11) is 0. The lowest BCUT2D eigenvalue weighted by molar-refractivity contribution is 0.128. The molecule has 3 atom stereocenters. The first-order chi connectivity index (χ1) is 9.38. The third-order valence-electron chi connectivity index (χ3n) is 4.13. The van der Waals surface area contributed by atoms with Crippen LogP contribution in [0.25, 0.3) is 0 Å². The number of hydrogen-bond acceptors (Lipinski definition) is 3. The van der Waals surface area contributed by atoms with E-state index in [-0.39, 0.29) is 0 Å². The van der Waals surface area contributed by atoms with Gasteiger partial charge in [0.15, 0.2) is 0 Å². The Morgan fingerprint density at radius 1 is 1.37 bits per heavy atom. The Bertz CT molecular complexity index is 417. The maximum atomic E-state index is 5.74. The highest BCUT2D eigenvalue weighted by Gasteiger charge is 2.32. The Hall–Kier alpha value is -0.510. The molecular formula is C16H23NOS. The summed E-state index contributed by atoms with van der Waals surface area (Å²) in [6.45, 7) is 4.20. The zero-order chi connectivity index (χ0) is 13.1. The van der Waals surface area contributed by atoms with Crippen molar-refractivity contribution < 1.29 is 4.74 Å². The fourth-order valence-electron chi connectivity index (χ4n) is 3.18. The third-order valence-corrected chi connectivity index (χ3v) is 5.56. The van der Waals surface area contributed by atoms with Crippen LogP contribution in [0.1, 0.15) is 36.9 Å². The van der Waals surface area contributed by atoms with Gasteiger partial charge in [-0.05, 0) is 36.9 Å². The highest BCUT2D eigenvalue weighted by Crippen LogP contribution is 2.39. The van der Waals surface area contributed by atoms with E-state index in [1.54, 1.807) is 0 Å². The average Bonchev–Trinajstić information content (AvgIpc) is 3.05. The summed E-state index contributed by atoms with van der Waals surface area (Å²) >= 11 is 2.10. The molecule has 0 saturated carbocycles. The summed E-state index contributed by atoms with van der Waals surface area (Å²) < 4.78 is 5.74. The van der Waals surface area contributed by atoms with Crippen LogP contribution < -0.4 is 5.32 Å². The molecule has 0 bridgehead atoms. The summed E-state index contributed by atoms with van der Waals surface area (Å²) in [5.41, 5.74) is 3.03. The largest absolute Gasteiger partial charge is 0.377 e. The van der Waals surface area contributed by atoms with Gasteiger partial charge in [-0.15, -0.1) is 0 Å². The molecule has 1 aliphatic heterocycles. The smallest absolute Gasteiger partial charge is 0.0666 e. The Kier molecular flexibility index (Phi) is 4.46. The molecule has 1 aliphatic carbocycles. The highest BCUT2D eigenvalue weighted by molar-refractivity contribution is 8.00. The Morgan fingerprint density at radius 2 is 2.26 bits per heavy atom. The molecule has 1 aromatic carbocycles. The van der Waals surface area contributed by atoms with Crippen molar-refractivity contribution in [1.82, 2.24) is 5.32 Å². The molecule has 3 unspecified atom stereocenters. The SMILES string of the molecule is CCNC1c2ccccc2CC1SCC1CCCO1. The van der Waals surface area contributed by atoms with Crippen LogP contribution in [0, 0.1) is 0 Å². The first-order valence-corrected chi connectivity index (χ1v) is 8.47. The van der Waals surface area contributed by atoms with Gasteiger partial charge in [0.05, 0.1) is 6.10 Å². The zero-order valence-electron chi connectivity index (χ0n) is 11.6. The molecule has 2 aliphatic rings. The van der Waals surface area contributed by atoms with Crippen molar-refractivity contribution in [2.24, 2.45) is 0 Å². The van der Waals surface area contributed by atoms with Crippen LogP contribution in [0.3, 0.4) is 0 Å². The van der Waals surface area contributed by atoms with Crippen LogP contribution in [0.15, 0.2) is 24.3 Å². The normalized spacial score (nSPS) is 29.6. The van der Waals surface area contributed by atoms with E-state index in [2.05, 4.69) is 48.3 Å². The average molecular weight is 277 g/mol. The van der Waals surface area contributed by atoms with E-state index in [0.29, 0.717) is 17.4 Å². The Balaban J connectivity index is 1.64. The molecule has 104 valence electrons. The fourth-order valence-corrected chi connectivity index (χ4v) is 4.64. The van der Waals surface area contributed by atoms with E-state index in [1.807, 2.05) is 0 Å². The van der Waals surface area contributed by atoms with Crippen LogP contribution in [0.5, 0.6) is 0 Å². The van der Waals surface area contributed by atoms with E-state index >= 15 is 0 Å². The topological polar surface area (TPSA) is 21.3 Å². The monoisotopic (exact) mass is 277 g/mol. The molecule has 1 heterocycles. The van der Waals surface area contributed by atoms with Crippen molar-refractivity contribution in [3.05, 3.63) is 35.4 Å². The van der Waals surface area contributed by atoms with E-state index in [4.69, 9.17) is 4.74 Å². The summed E-state index contributed by atoms with van der Waals surface area (Å²) in [6, 6.07) is 9.42. The molecule has 19 heavy (non-hydrogen) atoms. The van der Waals surface area contributed by atoms with Crippen molar-refractivity contribution in [3.63, 3.8) is 0 Å². The Labute approximate surface area is 120 Å². The lowest BCUT2D eigenvalue weighted by atomic mass is 10.1. The molecule has 0 aromatic heterocycles. The van der Waals surface area contributed by atoms with Crippen LogP contribution in [0.2, 0.25) is 0 Å². The van der Waals surface area contributed by atoms with Crippen LogP contribution >= 0.6 is 11.8 Å². The fraction of sp³-hybridized carbons (Fsp3) is 0.625. The predicted octanol–water partition coefficient (Wildman–Crippen LogP) is 3.17. The number of thioether (sulfide) groups is 1. The summed E-state index contributed by atoms with van der Waals surface area (Å²) in [6.07, 6.45) is 4.19. The van der Waals surface area contributed by atoms with E-state index in [1.165, 1.54) is 30.4 Å². The van der Waals surface area contributed by atoms with Gasteiger partial charge in [-0.25, -0.2) is 0 Å². The van der Waals surface area contributed by atoms with Crippen molar-refractivity contribution in [3.8, 4) is 0 Å². The number of nitrogens with one attached hydrogen (secondary N) is 1. The van der Waals surface area contributed by atoms with Crippen molar-refractivity contribution in [2.75, 3.05) is 18.9 Å². The molecule has 2 nitrogen and oxygen atoms in total. The summed E-state index contributed by atoms with van der Waals surface area (Å²) in [4.78, 5) is 0. The van der Waals surface area contributed by atoms with Gasteiger partial charge in [0.2, 0.25) is 0 Å². The second-order valence-electron chi connectivity index (χ2n) is 5.45. The second-order valence-corrected chi connectivity index (χ2v) is 6.72. The number of benzene rings is 1. The van der Waals surface area contributed by atoms with Gasteiger partial charge < -0.3 is 10.1 Å². The second kappa shape index (κ2) is 6.29. The molecule has 1 N–H and O–H groups in total. The quantitative estimate of drug-likeness (QED) is 0.893. The summed E-state index contributed by atoms with van der Waals surface area (Å²) in [5, 5.41) is 4.33. The van der Waals surface area contributed by atoms with Crippen LogP contribution in [0.4, 0.5) is 0 Å². The molecule has 0 amide bonds.